The lowest BCUT2D eigenvalue weighted by Gasteiger charge is -2.31. The molecule has 1 aliphatic heterocycles. The summed E-state index contributed by atoms with van der Waals surface area (Å²) in [6.45, 7) is 0. The number of ether oxygens (including phenoxy) is 2. The molecule has 0 aromatic heterocycles. The lowest BCUT2D eigenvalue weighted by molar-refractivity contribution is -0.218. The van der Waals surface area contributed by atoms with Crippen LogP contribution in [0.1, 0.15) is 16.8 Å². The molecule has 3 fully saturated rings. The minimum Gasteiger partial charge on any atom is -0.456 e. The Kier molecular flexibility index (Phi) is 7.40. The second-order valence-electron chi connectivity index (χ2n) is 8.44. The molecule has 1 aromatic rings. The third kappa shape index (κ3) is 5.22. The third-order valence-electron chi connectivity index (χ3n) is 6.24. The average molecular weight is 751 g/mol. The SMILES string of the molecule is O=C(OC1C2CC3C1OS(=O)(=O)C3C2C(=O)OC(CS(=O)(=O)O)C(F)(F)F)c1c(Br)cc(Br)cc1Br. The van der Waals surface area contributed by atoms with Crippen molar-refractivity contribution in [2.45, 2.75) is 36.2 Å². The molecular formula is C18H14Br3F3O10S2. The second-order valence-corrected chi connectivity index (χ2v) is 14.3. The first-order valence-corrected chi connectivity index (χ1v) is 15.4. The molecule has 7 atom stereocenters. The zero-order valence-electron chi connectivity index (χ0n) is 17.3. The molecule has 2 saturated carbocycles. The molecule has 2 bridgehead atoms. The Hall–Kier alpha value is -0.790. The maximum absolute atomic E-state index is 13.3. The van der Waals surface area contributed by atoms with E-state index in [-0.39, 0.29) is 12.0 Å². The lowest BCUT2D eigenvalue weighted by Crippen LogP contribution is -2.48. The molecule has 1 saturated heterocycles. The molecule has 36 heavy (non-hydrogen) atoms. The van der Waals surface area contributed by atoms with Crippen LogP contribution in [0.4, 0.5) is 13.2 Å². The van der Waals surface area contributed by atoms with Crippen LogP contribution in [0.2, 0.25) is 0 Å². The van der Waals surface area contributed by atoms with Crippen LogP contribution in [-0.2, 0) is 38.7 Å². The van der Waals surface area contributed by atoms with Crippen molar-refractivity contribution in [3.8, 4) is 0 Å². The molecule has 0 amide bonds. The zero-order valence-corrected chi connectivity index (χ0v) is 23.7. The predicted molar refractivity (Wildman–Crippen MR) is 124 cm³/mol. The van der Waals surface area contributed by atoms with E-state index in [1.165, 1.54) is 0 Å². The number of esters is 2. The topological polar surface area (TPSA) is 150 Å². The summed E-state index contributed by atoms with van der Waals surface area (Å²) in [5.74, 6) is -8.21. The van der Waals surface area contributed by atoms with Crippen molar-refractivity contribution >= 4 is 80.0 Å². The first-order valence-electron chi connectivity index (χ1n) is 9.90. The lowest BCUT2D eigenvalue weighted by atomic mass is 9.84. The standard InChI is InChI=1S/C18H14Br3F3O10S2/c19-5-1-8(20)12(9(21)2-5)17(26)33-13-6-3-7-14(13)34-36(30,31)15(7)11(6)16(25)32-10(18(22,23)24)4-35(27,28)29/h1-2,6-7,10-11,13-15H,3-4H2,(H,27,28,29). The van der Waals surface area contributed by atoms with Gasteiger partial charge in [0.1, 0.15) is 23.2 Å². The normalized spacial score (nSPS) is 31.3. The Morgan fingerprint density at radius 1 is 1.17 bits per heavy atom. The Balaban J connectivity index is 1.63. The number of hydrogen-bond donors (Lipinski definition) is 1. The molecule has 3 aliphatic rings. The number of halogens is 6. The molecule has 2 aliphatic carbocycles. The third-order valence-corrected chi connectivity index (χ3v) is 10.5. The highest BCUT2D eigenvalue weighted by Crippen LogP contribution is 2.59. The summed E-state index contributed by atoms with van der Waals surface area (Å²) in [5, 5.41) is -1.55. The van der Waals surface area contributed by atoms with Gasteiger partial charge in [-0.3, -0.25) is 13.5 Å². The first kappa shape index (κ1) is 28.2. The van der Waals surface area contributed by atoms with Gasteiger partial charge in [-0.1, -0.05) is 15.9 Å². The molecular weight excluding hydrogens is 737 g/mol. The molecule has 18 heteroatoms. The summed E-state index contributed by atoms with van der Waals surface area (Å²) in [5.41, 5.74) is 0.0304. The fraction of sp³-hybridized carbons (Fsp3) is 0.556. The van der Waals surface area contributed by atoms with Gasteiger partial charge >= 0.3 is 18.1 Å². The Bertz CT molecular complexity index is 1310. The summed E-state index contributed by atoms with van der Waals surface area (Å²) >= 11 is 9.67. The van der Waals surface area contributed by atoms with Gasteiger partial charge in [0.25, 0.3) is 20.2 Å². The van der Waals surface area contributed by atoms with E-state index in [9.17, 15) is 39.6 Å². The molecule has 10 nitrogen and oxygen atoms in total. The van der Waals surface area contributed by atoms with E-state index >= 15 is 0 Å². The number of fused-ring (bicyclic) bond motifs is 1. The zero-order chi connectivity index (χ0) is 27.0. The summed E-state index contributed by atoms with van der Waals surface area (Å²) in [7, 11) is -9.66. The smallest absolute Gasteiger partial charge is 0.426 e. The van der Waals surface area contributed by atoms with Gasteiger partial charge in [0.05, 0.1) is 11.5 Å². The monoisotopic (exact) mass is 748 g/mol. The maximum atomic E-state index is 13.3. The van der Waals surface area contributed by atoms with E-state index in [1.807, 2.05) is 0 Å². The Labute approximate surface area is 227 Å². The minimum absolute atomic E-state index is 0.0239. The van der Waals surface area contributed by atoms with Crippen molar-refractivity contribution in [1.82, 2.24) is 0 Å². The van der Waals surface area contributed by atoms with Crippen molar-refractivity contribution in [2.75, 3.05) is 5.75 Å². The van der Waals surface area contributed by atoms with E-state index in [4.69, 9.17) is 13.5 Å². The molecule has 1 heterocycles. The average Bonchev–Trinajstić information content (AvgIpc) is 3.27. The summed E-state index contributed by atoms with van der Waals surface area (Å²) in [6.07, 6.45) is -11.1. The van der Waals surface area contributed by atoms with Gasteiger partial charge in [0.15, 0.2) is 0 Å². The molecule has 200 valence electrons. The molecule has 4 rings (SSSR count). The van der Waals surface area contributed by atoms with Crippen molar-refractivity contribution in [2.24, 2.45) is 17.8 Å². The summed E-state index contributed by atoms with van der Waals surface area (Å²) in [4.78, 5) is 25.8. The highest BCUT2D eigenvalue weighted by molar-refractivity contribution is 9.11. The van der Waals surface area contributed by atoms with Crippen molar-refractivity contribution in [1.29, 1.82) is 0 Å². The number of carbonyl (C=O) groups excluding carboxylic acids is 2. The molecule has 0 spiro atoms. The van der Waals surface area contributed by atoms with Gasteiger partial charge in [-0.05, 0) is 50.4 Å². The van der Waals surface area contributed by atoms with E-state index in [1.54, 1.807) is 12.1 Å². The Morgan fingerprint density at radius 3 is 2.28 bits per heavy atom. The molecule has 7 unspecified atom stereocenters. The number of alkyl halides is 3. The van der Waals surface area contributed by atoms with Crippen LogP contribution in [0, 0.1) is 17.8 Å². The molecule has 1 N–H and O–H groups in total. The highest BCUT2D eigenvalue weighted by atomic mass is 79.9. The fourth-order valence-electron chi connectivity index (χ4n) is 4.98. The van der Waals surface area contributed by atoms with Gasteiger partial charge < -0.3 is 9.47 Å². The fourth-order valence-corrected chi connectivity index (χ4v) is 10.3. The largest absolute Gasteiger partial charge is 0.456 e. The van der Waals surface area contributed by atoms with E-state index < -0.39 is 85.4 Å². The Morgan fingerprint density at radius 2 is 1.75 bits per heavy atom. The number of carbonyl (C=O) groups is 2. The van der Waals surface area contributed by atoms with Gasteiger partial charge in [-0.15, -0.1) is 0 Å². The van der Waals surface area contributed by atoms with Crippen LogP contribution in [0.3, 0.4) is 0 Å². The molecule has 1 aromatic carbocycles. The van der Waals surface area contributed by atoms with Crippen LogP contribution in [0.5, 0.6) is 0 Å². The maximum Gasteiger partial charge on any atom is 0.426 e. The van der Waals surface area contributed by atoms with Crippen LogP contribution in [0.15, 0.2) is 25.6 Å². The van der Waals surface area contributed by atoms with E-state index in [0.29, 0.717) is 13.4 Å². The van der Waals surface area contributed by atoms with Crippen LogP contribution >= 0.6 is 47.8 Å². The first-order chi connectivity index (χ1) is 16.4. The van der Waals surface area contributed by atoms with Crippen molar-refractivity contribution in [3.63, 3.8) is 0 Å². The highest BCUT2D eigenvalue weighted by Gasteiger charge is 2.72. The van der Waals surface area contributed by atoms with Crippen LogP contribution in [-0.4, -0.2) is 68.8 Å². The number of benzene rings is 1. The van der Waals surface area contributed by atoms with E-state index in [0.717, 1.165) is 0 Å². The second kappa shape index (κ2) is 9.44. The molecule has 0 radical (unpaired) electrons. The predicted octanol–water partition coefficient (Wildman–Crippen LogP) is 3.22. The minimum atomic E-state index is -5.37. The van der Waals surface area contributed by atoms with Gasteiger partial charge in [-0.2, -0.15) is 30.0 Å². The number of rotatable bonds is 6. The van der Waals surface area contributed by atoms with E-state index in [2.05, 4.69) is 52.5 Å². The van der Waals surface area contributed by atoms with Crippen LogP contribution in [0.25, 0.3) is 0 Å². The van der Waals surface area contributed by atoms with Gasteiger partial charge in [0, 0.05) is 25.3 Å². The van der Waals surface area contributed by atoms with Gasteiger partial charge in [-0.25, -0.2) is 4.79 Å². The van der Waals surface area contributed by atoms with Crippen LogP contribution < -0.4 is 0 Å². The van der Waals surface area contributed by atoms with Gasteiger partial charge in [0.2, 0.25) is 6.10 Å². The summed E-state index contributed by atoms with van der Waals surface area (Å²) < 4.78 is 112. The summed E-state index contributed by atoms with van der Waals surface area (Å²) in [6, 6.07) is 3.09. The van der Waals surface area contributed by atoms with Crippen molar-refractivity contribution < 1.29 is 57.8 Å². The number of hydrogen-bond acceptors (Lipinski definition) is 9. The quantitative estimate of drug-likeness (QED) is 0.261. The van der Waals surface area contributed by atoms with Crippen molar-refractivity contribution in [3.05, 3.63) is 31.1 Å².